The van der Waals surface area contributed by atoms with Gasteiger partial charge < -0.3 is 15.0 Å². The largest absolute Gasteiger partial charge is 0.481 e. The minimum atomic E-state index is 0.0316. The molecule has 1 N–H and O–H groups in total. The Morgan fingerprint density at radius 2 is 2.38 bits per heavy atom. The minimum absolute atomic E-state index is 0.0316. The summed E-state index contributed by atoms with van der Waals surface area (Å²) < 4.78 is 5.09. The van der Waals surface area contributed by atoms with Gasteiger partial charge in [0.15, 0.2) is 5.82 Å². The Bertz CT molecular complexity index is 406. The number of aromatic nitrogens is 1. The van der Waals surface area contributed by atoms with Crippen LogP contribution in [0.3, 0.4) is 0 Å². The summed E-state index contributed by atoms with van der Waals surface area (Å²) in [5, 5.41) is 2.84. The van der Waals surface area contributed by atoms with Gasteiger partial charge in [0.2, 0.25) is 11.8 Å². The highest BCUT2D eigenvalue weighted by Gasteiger charge is 2.19. The molecule has 5 heteroatoms. The van der Waals surface area contributed by atoms with Crippen molar-refractivity contribution in [1.29, 1.82) is 0 Å². The van der Waals surface area contributed by atoms with Gasteiger partial charge >= 0.3 is 0 Å². The fraction of sp³-hybridized carbons (Fsp3) is 0.455. The summed E-state index contributed by atoms with van der Waals surface area (Å²) in [6, 6.07) is 3.57. The van der Waals surface area contributed by atoms with Crippen molar-refractivity contribution in [2.45, 2.75) is 13.3 Å². The zero-order chi connectivity index (χ0) is 11.5. The van der Waals surface area contributed by atoms with Gasteiger partial charge in [-0.25, -0.2) is 0 Å². The number of pyridine rings is 1. The average Bonchev–Trinajstić information content (AvgIpc) is 2.46. The first-order valence-electron chi connectivity index (χ1n) is 5.34. The van der Waals surface area contributed by atoms with Crippen molar-refractivity contribution in [1.82, 2.24) is 4.98 Å². The predicted octanol–water partition coefficient (Wildman–Crippen LogP) is 1.26. The van der Waals surface area contributed by atoms with Crippen LogP contribution in [0, 0.1) is 0 Å². The molecule has 0 aliphatic carbocycles. The van der Waals surface area contributed by atoms with E-state index in [0.717, 1.165) is 18.1 Å². The Labute approximate surface area is 94.4 Å². The van der Waals surface area contributed by atoms with Crippen molar-refractivity contribution in [3.8, 4) is 5.88 Å². The standard InChI is InChI=1S/C11H15N3O2/c1-3-14-7-6-9(15)12-8-4-5-10(16-2)13-11(8)14/h4-5H,3,6-7H2,1-2H3,(H,12,15). The molecule has 0 aromatic carbocycles. The molecular weight excluding hydrogens is 206 g/mol. The topological polar surface area (TPSA) is 54.5 Å². The van der Waals surface area contributed by atoms with Crippen LogP contribution in [0.4, 0.5) is 11.5 Å². The molecule has 0 spiro atoms. The summed E-state index contributed by atoms with van der Waals surface area (Å²) in [5.74, 6) is 1.38. The highest BCUT2D eigenvalue weighted by Crippen LogP contribution is 2.28. The van der Waals surface area contributed by atoms with E-state index in [1.807, 2.05) is 13.0 Å². The number of ether oxygens (including phenoxy) is 1. The number of amides is 1. The normalized spacial score (nSPS) is 15.1. The predicted molar refractivity (Wildman–Crippen MR) is 61.9 cm³/mol. The second kappa shape index (κ2) is 4.38. The quantitative estimate of drug-likeness (QED) is 0.816. The third-order valence-electron chi connectivity index (χ3n) is 2.62. The van der Waals surface area contributed by atoms with Gasteiger partial charge in [-0.05, 0) is 13.0 Å². The lowest BCUT2D eigenvalue weighted by Gasteiger charge is -2.20. The van der Waals surface area contributed by atoms with E-state index in [-0.39, 0.29) is 5.91 Å². The van der Waals surface area contributed by atoms with Crippen molar-refractivity contribution >= 4 is 17.4 Å². The number of nitrogens with one attached hydrogen (secondary N) is 1. The van der Waals surface area contributed by atoms with Crippen LogP contribution in [-0.4, -0.2) is 31.1 Å². The van der Waals surface area contributed by atoms with Gasteiger partial charge in [0.05, 0.1) is 12.8 Å². The third kappa shape index (κ3) is 1.93. The van der Waals surface area contributed by atoms with E-state index in [0.29, 0.717) is 18.8 Å². The molecule has 0 radical (unpaired) electrons. The van der Waals surface area contributed by atoms with E-state index in [2.05, 4.69) is 15.2 Å². The summed E-state index contributed by atoms with van der Waals surface area (Å²) in [5.41, 5.74) is 0.755. The van der Waals surface area contributed by atoms with E-state index in [1.54, 1.807) is 13.2 Å². The lowest BCUT2D eigenvalue weighted by Crippen LogP contribution is -2.24. The second-order valence-corrected chi connectivity index (χ2v) is 3.60. The maximum Gasteiger partial charge on any atom is 0.226 e. The number of carbonyl (C=O) groups is 1. The van der Waals surface area contributed by atoms with E-state index in [1.165, 1.54) is 0 Å². The van der Waals surface area contributed by atoms with Crippen molar-refractivity contribution in [3.63, 3.8) is 0 Å². The molecule has 16 heavy (non-hydrogen) atoms. The molecule has 0 fully saturated rings. The first-order chi connectivity index (χ1) is 7.74. The van der Waals surface area contributed by atoms with Gasteiger partial charge in [-0.2, -0.15) is 4.98 Å². The van der Waals surface area contributed by atoms with Gasteiger partial charge in [-0.15, -0.1) is 0 Å². The van der Waals surface area contributed by atoms with Crippen LogP contribution in [0.2, 0.25) is 0 Å². The Morgan fingerprint density at radius 1 is 1.56 bits per heavy atom. The fourth-order valence-electron chi connectivity index (χ4n) is 1.75. The van der Waals surface area contributed by atoms with Crippen LogP contribution in [0.25, 0.3) is 0 Å². The number of hydrogen-bond donors (Lipinski definition) is 1. The van der Waals surface area contributed by atoms with Crippen LogP contribution in [0.1, 0.15) is 13.3 Å². The van der Waals surface area contributed by atoms with Gasteiger partial charge in [0.1, 0.15) is 0 Å². The molecule has 1 amide bonds. The SMILES string of the molecule is CCN1CCC(=O)Nc2ccc(OC)nc21. The molecule has 1 aromatic rings. The van der Waals surface area contributed by atoms with E-state index in [4.69, 9.17) is 4.74 Å². The van der Waals surface area contributed by atoms with Gasteiger partial charge in [-0.1, -0.05) is 0 Å². The second-order valence-electron chi connectivity index (χ2n) is 3.60. The zero-order valence-electron chi connectivity index (χ0n) is 9.49. The van der Waals surface area contributed by atoms with Crippen molar-refractivity contribution < 1.29 is 9.53 Å². The molecule has 0 atom stereocenters. The maximum atomic E-state index is 11.5. The molecule has 0 saturated carbocycles. The molecule has 0 unspecified atom stereocenters. The van der Waals surface area contributed by atoms with E-state index < -0.39 is 0 Å². The molecule has 1 aliphatic rings. The van der Waals surface area contributed by atoms with Gasteiger partial charge in [0.25, 0.3) is 0 Å². The molecule has 2 rings (SSSR count). The molecule has 1 aromatic heterocycles. The monoisotopic (exact) mass is 221 g/mol. The lowest BCUT2D eigenvalue weighted by molar-refractivity contribution is -0.115. The molecule has 0 saturated heterocycles. The Kier molecular flexibility index (Phi) is 2.94. The molecule has 5 nitrogen and oxygen atoms in total. The van der Waals surface area contributed by atoms with Gasteiger partial charge in [-0.3, -0.25) is 4.79 Å². The minimum Gasteiger partial charge on any atom is -0.481 e. The summed E-state index contributed by atoms with van der Waals surface area (Å²) in [4.78, 5) is 17.9. The van der Waals surface area contributed by atoms with E-state index in [9.17, 15) is 4.79 Å². The smallest absolute Gasteiger partial charge is 0.226 e. The van der Waals surface area contributed by atoms with Crippen LogP contribution in [-0.2, 0) is 4.79 Å². The zero-order valence-corrected chi connectivity index (χ0v) is 9.49. The number of nitrogens with zero attached hydrogens (tertiary/aromatic N) is 2. The van der Waals surface area contributed by atoms with Crippen molar-refractivity contribution in [2.75, 3.05) is 30.4 Å². The summed E-state index contributed by atoms with van der Waals surface area (Å²) in [6.45, 7) is 3.55. The van der Waals surface area contributed by atoms with Crippen molar-refractivity contribution in [2.24, 2.45) is 0 Å². The van der Waals surface area contributed by atoms with Crippen LogP contribution >= 0.6 is 0 Å². The van der Waals surface area contributed by atoms with E-state index >= 15 is 0 Å². The highest BCUT2D eigenvalue weighted by molar-refractivity contribution is 5.95. The van der Waals surface area contributed by atoms with Crippen LogP contribution in [0.5, 0.6) is 5.88 Å². The van der Waals surface area contributed by atoms with Crippen LogP contribution < -0.4 is 15.0 Å². The molecule has 1 aliphatic heterocycles. The molecular formula is C11H15N3O2. The number of fused-ring (bicyclic) bond motifs is 1. The fourth-order valence-corrected chi connectivity index (χ4v) is 1.75. The summed E-state index contributed by atoms with van der Waals surface area (Å²) >= 11 is 0. The third-order valence-corrected chi connectivity index (χ3v) is 2.62. The average molecular weight is 221 g/mol. The molecule has 86 valence electrons. The number of anilines is 2. The number of rotatable bonds is 2. The van der Waals surface area contributed by atoms with Crippen LogP contribution in [0.15, 0.2) is 12.1 Å². The highest BCUT2D eigenvalue weighted by atomic mass is 16.5. The van der Waals surface area contributed by atoms with Gasteiger partial charge in [0, 0.05) is 25.6 Å². The number of hydrogen-bond acceptors (Lipinski definition) is 4. The first kappa shape index (κ1) is 10.7. The van der Waals surface area contributed by atoms with Crippen molar-refractivity contribution in [3.05, 3.63) is 12.1 Å². The lowest BCUT2D eigenvalue weighted by atomic mass is 10.3. The Morgan fingerprint density at radius 3 is 3.06 bits per heavy atom. The first-order valence-corrected chi connectivity index (χ1v) is 5.34. The number of methoxy groups -OCH3 is 1. The maximum absolute atomic E-state index is 11.5. The molecule has 2 heterocycles. The summed E-state index contributed by atoms with van der Waals surface area (Å²) in [7, 11) is 1.58. The number of carbonyl (C=O) groups excluding carboxylic acids is 1. The Balaban J connectivity index is 2.43. The molecule has 0 bridgehead atoms. The Hall–Kier alpha value is -1.78. The summed E-state index contributed by atoms with van der Waals surface area (Å²) in [6.07, 6.45) is 0.493.